The summed E-state index contributed by atoms with van der Waals surface area (Å²) in [7, 11) is 0. The molecule has 1 heterocycles. The first-order chi connectivity index (χ1) is 18.1. The molecular weight excluding hydrogens is 486 g/mol. The van der Waals surface area contributed by atoms with Crippen LogP contribution in [0.1, 0.15) is 52.2 Å². The molecule has 2 aromatic carbocycles. The van der Waals surface area contributed by atoms with Gasteiger partial charge in [0.05, 0.1) is 11.8 Å². The van der Waals surface area contributed by atoms with Gasteiger partial charge in [0.15, 0.2) is 0 Å². The fourth-order valence-corrected chi connectivity index (χ4v) is 4.40. The van der Waals surface area contributed by atoms with Gasteiger partial charge in [-0.1, -0.05) is 67.6 Å². The Hall–Kier alpha value is -4.27. The Labute approximate surface area is 222 Å². The smallest absolute Gasteiger partial charge is 0.377 e. The van der Waals surface area contributed by atoms with E-state index in [4.69, 9.17) is 4.74 Å². The predicted octanol–water partition coefficient (Wildman–Crippen LogP) is 3.35. The molecular formula is C29H33N3O6. The number of nitrogens with zero attached hydrogens (tertiary/aromatic N) is 3. The van der Waals surface area contributed by atoms with Gasteiger partial charge in [0.1, 0.15) is 12.1 Å². The van der Waals surface area contributed by atoms with Crippen molar-refractivity contribution < 1.29 is 28.7 Å². The van der Waals surface area contributed by atoms with Gasteiger partial charge in [-0.2, -0.15) is 0 Å². The van der Waals surface area contributed by atoms with E-state index in [1.165, 1.54) is 24.9 Å². The number of hydrogen-bond donors (Lipinski definition) is 0. The van der Waals surface area contributed by atoms with E-state index in [0.29, 0.717) is 11.1 Å². The molecule has 0 bridgehead atoms. The van der Waals surface area contributed by atoms with E-state index in [-0.39, 0.29) is 24.4 Å². The highest BCUT2D eigenvalue weighted by Gasteiger charge is 2.45. The Kier molecular flexibility index (Phi) is 9.17. The summed E-state index contributed by atoms with van der Waals surface area (Å²) in [4.78, 5) is 67.5. The highest BCUT2D eigenvalue weighted by atomic mass is 16.5. The number of benzene rings is 2. The summed E-state index contributed by atoms with van der Waals surface area (Å²) in [5.74, 6) is -3.59. The molecule has 9 heteroatoms. The highest BCUT2D eigenvalue weighted by Crippen LogP contribution is 2.32. The van der Waals surface area contributed by atoms with Crippen molar-refractivity contribution in [2.45, 2.75) is 65.6 Å². The maximum atomic E-state index is 14.0. The third-order valence-electron chi connectivity index (χ3n) is 6.09. The Bertz CT molecular complexity index is 1230. The van der Waals surface area contributed by atoms with Crippen LogP contribution in [0.2, 0.25) is 0 Å². The van der Waals surface area contributed by atoms with Crippen LogP contribution in [0.5, 0.6) is 0 Å². The number of ether oxygens (including phenoxy) is 1. The van der Waals surface area contributed by atoms with Crippen LogP contribution in [0, 0.1) is 0 Å². The second-order valence-electron chi connectivity index (χ2n) is 9.27. The number of amides is 3. The summed E-state index contributed by atoms with van der Waals surface area (Å²) in [6, 6.07) is 15.4. The van der Waals surface area contributed by atoms with E-state index >= 15 is 0 Å². The minimum atomic E-state index is -1.38. The molecule has 0 radical (unpaired) electrons. The van der Waals surface area contributed by atoms with E-state index in [1.54, 1.807) is 75.4 Å². The summed E-state index contributed by atoms with van der Waals surface area (Å²) in [5, 5.41) is 2.16. The molecule has 0 fully saturated rings. The van der Waals surface area contributed by atoms with Gasteiger partial charge in [0, 0.05) is 32.0 Å². The standard InChI is InChI=1S/C29H33N3O6/c1-6-24-28(36)32(26(18-30(24)20(4)33)23-15-11-8-12-16-23)31(21(5)34)25(17-22-13-9-7-10-14-22)27(35)29(37)38-19(2)3/h7-16,18-19,24-25H,6,17H2,1-5H3/t24?,25-/m0/s1. The monoisotopic (exact) mass is 519 g/mol. The van der Waals surface area contributed by atoms with Crippen LogP contribution in [-0.2, 0) is 35.1 Å². The average Bonchev–Trinajstić information content (AvgIpc) is 2.88. The van der Waals surface area contributed by atoms with Gasteiger partial charge in [0.2, 0.25) is 11.8 Å². The molecule has 200 valence electrons. The molecule has 1 unspecified atom stereocenters. The van der Waals surface area contributed by atoms with Gasteiger partial charge < -0.3 is 9.64 Å². The molecule has 3 rings (SSSR count). The van der Waals surface area contributed by atoms with Crippen molar-refractivity contribution in [1.82, 2.24) is 14.9 Å². The molecule has 0 spiro atoms. The Balaban J connectivity index is 2.22. The number of Topliss-reactive ketones (excluding diaryl/α,β-unsaturated/α-hetero) is 1. The van der Waals surface area contributed by atoms with Gasteiger partial charge in [-0.3, -0.25) is 19.2 Å². The molecule has 2 aromatic rings. The van der Waals surface area contributed by atoms with Crippen molar-refractivity contribution in [3.8, 4) is 0 Å². The van der Waals surface area contributed by atoms with Gasteiger partial charge in [0.25, 0.3) is 11.7 Å². The third kappa shape index (κ3) is 6.16. The number of carbonyl (C=O) groups excluding carboxylic acids is 5. The van der Waals surface area contributed by atoms with Gasteiger partial charge >= 0.3 is 5.97 Å². The fourth-order valence-electron chi connectivity index (χ4n) is 4.40. The van der Waals surface area contributed by atoms with Crippen molar-refractivity contribution in [3.05, 3.63) is 78.0 Å². The van der Waals surface area contributed by atoms with Crippen molar-refractivity contribution in [2.75, 3.05) is 0 Å². The average molecular weight is 520 g/mol. The molecule has 0 saturated carbocycles. The molecule has 38 heavy (non-hydrogen) atoms. The molecule has 2 atom stereocenters. The van der Waals surface area contributed by atoms with Crippen LogP contribution in [0.3, 0.4) is 0 Å². The van der Waals surface area contributed by atoms with E-state index in [9.17, 15) is 24.0 Å². The number of esters is 1. The zero-order chi connectivity index (χ0) is 28.0. The zero-order valence-electron chi connectivity index (χ0n) is 22.3. The minimum absolute atomic E-state index is 0.0362. The van der Waals surface area contributed by atoms with Gasteiger partial charge in [-0.15, -0.1) is 0 Å². The second kappa shape index (κ2) is 12.3. The Morgan fingerprint density at radius 1 is 0.947 bits per heavy atom. The number of carbonyl (C=O) groups is 5. The molecule has 1 aliphatic rings. The second-order valence-corrected chi connectivity index (χ2v) is 9.27. The fraction of sp³-hybridized carbons (Fsp3) is 0.345. The summed E-state index contributed by atoms with van der Waals surface area (Å²) in [6.07, 6.45) is 1.19. The summed E-state index contributed by atoms with van der Waals surface area (Å²) in [6.45, 7) is 7.58. The van der Waals surface area contributed by atoms with Crippen LogP contribution < -0.4 is 0 Å². The number of ketones is 1. The largest absolute Gasteiger partial charge is 0.457 e. The quantitative estimate of drug-likeness (QED) is 0.372. The maximum absolute atomic E-state index is 14.0. The van der Waals surface area contributed by atoms with Crippen molar-refractivity contribution in [1.29, 1.82) is 0 Å². The molecule has 0 N–H and O–H groups in total. The first-order valence-electron chi connectivity index (χ1n) is 12.5. The van der Waals surface area contributed by atoms with Crippen molar-refractivity contribution >= 4 is 35.2 Å². The zero-order valence-corrected chi connectivity index (χ0v) is 22.3. The SMILES string of the molecule is CCC1C(=O)N(N(C(C)=O)[C@@H](Cc2ccccc2)C(=O)C(=O)OC(C)C)C(c2ccccc2)=CN1C(C)=O. The lowest BCUT2D eigenvalue weighted by molar-refractivity contribution is -0.172. The van der Waals surface area contributed by atoms with E-state index in [1.807, 2.05) is 6.07 Å². The lowest BCUT2D eigenvalue weighted by atomic mass is 10.00. The lowest BCUT2D eigenvalue weighted by Crippen LogP contribution is -2.63. The van der Waals surface area contributed by atoms with E-state index in [0.717, 1.165) is 10.0 Å². The Morgan fingerprint density at radius 3 is 2.03 bits per heavy atom. The van der Waals surface area contributed by atoms with E-state index in [2.05, 4.69) is 0 Å². The number of hydrazine groups is 1. The highest BCUT2D eigenvalue weighted by molar-refractivity contribution is 6.36. The molecule has 0 aromatic heterocycles. The minimum Gasteiger partial charge on any atom is -0.457 e. The molecule has 1 aliphatic heterocycles. The first-order valence-corrected chi connectivity index (χ1v) is 12.5. The molecule has 9 nitrogen and oxygen atoms in total. The first kappa shape index (κ1) is 28.3. The van der Waals surface area contributed by atoms with Gasteiger partial charge in [-0.25, -0.2) is 14.8 Å². The normalized spacial score (nSPS) is 16.1. The van der Waals surface area contributed by atoms with Crippen LogP contribution >= 0.6 is 0 Å². The van der Waals surface area contributed by atoms with Gasteiger partial charge in [-0.05, 0) is 25.8 Å². The molecule has 0 saturated heterocycles. The van der Waals surface area contributed by atoms with Crippen LogP contribution in [0.25, 0.3) is 5.70 Å². The van der Waals surface area contributed by atoms with Crippen LogP contribution in [0.4, 0.5) is 0 Å². The summed E-state index contributed by atoms with van der Waals surface area (Å²) < 4.78 is 5.18. The molecule has 3 amide bonds. The number of hydrogen-bond acceptors (Lipinski definition) is 6. The predicted molar refractivity (Wildman–Crippen MR) is 141 cm³/mol. The summed E-state index contributed by atoms with van der Waals surface area (Å²) in [5.41, 5.74) is 1.46. The Morgan fingerprint density at radius 2 is 1.53 bits per heavy atom. The maximum Gasteiger partial charge on any atom is 0.377 e. The number of rotatable bonds is 9. The third-order valence-corrected chi connectivity index (χ3v) is 6.09. The molecule has 0 aliphatic carbocycles. The lowest BCUT2D eigenvalue weighted by Gasteiger charge is -2.45. The van der Waals surface area contributed by atoms with Crippen LogP contribution in [-0.4, -0.2) is 62.6 Å². The topological polar surface area (TPSA) is 104 Å². The van der Waals surface area contributed by atoms with E-state index < -0.39 is 41.8 Å². The van der Waals surface area contributed by atoms with Crippen LogP contribution in [0.15, 0.2) is 66.9 Å². The van der Waals surface area contributed by atoms with Crippen molar-refractivity contribution in [3.63, 3.8) is 0 Å². The van der Waals surface area contributed by atoms with Crippen molar-refractivity contribution in [2.24, 2.45) is 0 Å². The summed E-state index contributed by atoms with van der Waals surface area (Å²) >= 11 is 0.